The van der Waals surface area contributed by atoms with Crippen LogP contribution in [0.3, 0.4) is 0 Å². The van der Waals surface area contributed by atoms with Gasteiger partial charge in [0.2, 0.25) is 5.42 Å². The van der Waals surface area contributed by atoms with E-state index in [4.69, 9.17) is 20.2 Å². The Kier molecular flexibility index (Phi) is 2.48. The van der Waals surface area contributed by atoms with Crippen LogP contribution in [-0.4, -0.2) is 5.94 Å². The van der Waals surface area contributed by atoms with Crippen LogP contribution in [0.15, 0.2) is 10.5 Å². The molecule has 5 heteroatoms. The number of nitriles is 3. The molecule has 64 valence electrons. The molecule has 5 nitrogen and oxygen atoms in total. The molecular formula is C9HN3O2. The highest BCUT2D eigenvalue weighted by Gasteiger charge is 2.06. The second-order valence-corrected chi connectivity index (χ2v) is 2.17. The average Bonchev–Trinajstić information content (AvgIpc) is 2.63. The van der Waals surface area contributed by atoms with Gasteiger partial charge in [0.05, 0.1) is 0 Å². The highest BCUT2D eigenvalue weighted by atomic mass is 16.3. The smallest absolute Gasteiger partial charge is 0.212 e. The Morgan fingerprint density at radius 1 is 1.29 bits per heavy atom. The van der Waals surface area contributed by atoms with E-state index in [2.05, 4.69) is 0 Å². The van der Waals surface area contributed by atoms with Crippen LogP contribution >= 0.6 is 0 Å². The molecular weight excluding hydrogens is 182 g/mol. The zero-order valence-corrected chi connectivity index (χ0v) is 6.74. The minimum absolute atomic E-state index is 0.0264. The van der Waals surface area contributed by atoms with Gasteiger partial charge >= 0.3 is 0 Å². The standard InChI is InChI=1S/C9HN3O2/c10-2-6-1-8(5-13)14-9(6)7(3-11)4-12/h1H. The van der Waals surface area contributed by atoms with Gasteiger partial charge in [-0.1, -0.05) is 0 Å². The van der Waals surface area contributed by atoms with E-state index in [0.717, 1.165) is 6.07 Å². The van der Waals surface area contributed by atoms with Crippen LogP contribution < -0.4 is 10.8 Å². The number of nitrogens with zero attached hydrogens (tertiary/aromatic N) is 3. The van der Waals surface area contributed by atoms with E-state index in [1.54, 1.807) is 18.2 Å². The second kappa shape index (κ2) is 3.74. The Bertz CT molecular complexity index is 612. The largest absolute Gasteiger partial charge is 0.442 e. The first-order valence-electron chi connectivity index (χ1n) is 3.36. The maximum absolute atomic E-state index is 10.2. The SMILES string of the molecule is N#CC(C#N)=c1oc(=C=O)cc1C#N. The lowest BCUT2D eigenvalue weighted by atomic mass is 10.2. The van der Waals surface area contributed by atoms with Crippen molar-refractivity contribution in [3.8, 4) is 18.2 Å². The quantitative estimate of drug-likeness (QED) is 0.505. The van der Waals surface area contributed by atoms with E-state index in [1.807, 2.05) is 0 Å². The van der Waals surface area contributed by atoms with E-state index in [-0.39, 0.29) is 22.0 Å². The first-order chi connectivity index (χ1) is 6.76. The summed E-state index contributed by atoms with van der Waals surface area (Å²) in [5.41, 5.74) is -0.764. The van der Waals surface area contributed by atoms with Gasteiger partial charge in [-0.25, -0.2) is 4.79 Å². The van der Waals surface area contributed by atoms with Crippen molar-refractivity contribution in [2.45, 2.75) is 0 Å². The van der Waals surface area contributed by atoms with Crippen molar-refractivity contribution < 1.29 is 9.21 Å². The van der Waals surface area contributed by atoms with Crippen LogP contribution in [0, 0.1) is 34.0 Å². The summed E-state index contributed by atoms with van der Waals surface area (Å²) >= 11 is 0. The predicted molar refractivity (Wildman–Crippen MR) is 42.1 cm³/mol. The molecule has 0 saturated heterocycles. The van der Waals surface area contributed by atoms with Gasteiger partial charge in [-0.3, -0.25) is 0 Å². The first-order valence-corrected chi connectivity index (χ1v) is 3.36. The van der Waals surface area contributed by atoms with Crippen LogP contribution in [0.1, 0.15) is 5.56 Å². The summed E-state index contributed by atoms with van der Waals surface area (Å²) in [5, 5.41) is 25.6. The summed E-state index contributed by atoms with van der Waals surface area (Å²) in [6, 6.07) is 5.95. The maximum atomic E-state index is 10.2. The summed E-state index contributed by atoms with van der Waals surface area (Å²) in [6.45, 7) is 0. The van der Waals surface area contributed by atoms with Crippen molar-refractivity contribution in [3.05, 3.63) is 22.5 Å². The Hall–Kier alpha value is -2.80. The number of hydrogen-bond donors (Lipinski definition) is 0. The Labute approximate surface area is 78.0 Å². The number of hydrogen-bond acceptors (Lipinski definition) is 5. The van der Waals surface area contributed by atoms with Crippen LogP contribution in [-0.2, 0) is 4.79 Å². The molecule has 0 N–H and O–H groups in total. The van der Waals surface area contributed by atoms with Gasteiger partial charge in [-0.2, -0.15) is 15.8 Å². The van der Waals surface area contributed by atoms with Crippen LogP contribution in [0.5, 0.6) is 0 Å². The third kappa shape index (κ3) is 1.38. The van der Waals surface area contributed by atoms with Crippen molar-refractivity contribution in [1.82, 2.24) is 0 Å². The number of carbonyl (C=O) groups excluding carboxylic acids is 1. The number of furan rings is 1. The normalized spacial score (nSPS) is 7.79. The molecule has 0 radical (unpaired) electrons. The molecule has 1 heterocycles. The van der Waals surface area contributed by atoms with Gasteiger partial charge in [0.25, 0.3) is 0 Å². The molecule has 1 rings (SSSR count). The Balaban J connectivity index is 3.88. The van der Waals surface area contributed by atoms with E-state index < -0.39 is 0 Å². The molecule has 1 aromatic heterocycles. The van der Waals surface area contributed by atoms with Gasteiger partial charge in [-0.15, -0.1) is 0 Å². The van der Waals surface area contributed by atoms with E-state index in [0.29, 0.717) is 0 Å². The van der Waals surface area contributed by atoms with Crippen LogP contribution in [0.2, 0.25) is 0 Å². The molecule has 0 aromatic carbocycles. The Morgan fingerprint density at radius 3 is 2.36 bits per heavy atom. The van der Waals surface area contributed by atoms with Crippen molar-refractivity contribution in [2.75, 3.05) is 0 Å². The van der Waals surface area contributed by atoms with Crippen molar-refractivity contribution in [2.24, 2.45) is 0 Å². The fraction of sp³-hybridized carbons (Fsp3) is 0. The number of rotatable bonds is 0. The van der Waals surface area contributed by atoms with Gasteiger partial charge in [0, 0.05) is 6.07 Å². The molecule has 0 aliphatic rings. The summed E-state index contributed by atoms with van der Waals surface area (Å²) < 4.78 is 4.77. The third-order valence-electron chi connectivity index (χ3n) is 1.40. The lowest BCUT2D eigenvalue weighted by molar-refractivity contribution is 0.489. The molecule has 0 amide bonds. The maximum Gasteiger partial charge on any atom is 0.212 e. The van der Waals surface area contributed by atoms with Crippen molar-refractivity contribution in [1.29, 1.82) is 15.8 Å². The van der Waals surface area contributed by atoms with E-state index in [1.165, 1.54) is 5.94 Å². The third-order valence-corrected chi connectivity index (χ3v) is 1.40. The van der Waals surface area contributed by atoms with Gasteiger partial charge in [0.1, 0.15) is 23.8 Å². The molecule has 0 saturated carbocycles. The molecule has 0 unspecified atom stereocenters. The fourth-order valence-electron chi connectivity index (χ4n) is 0.837. The topological polar surface area (TPSA) is 102 Å². The Morgan fingerprint density at radius 2 is 1.93 bits per heavy atom. The van der Waals surface area contributed by atoms with Gasteiger partial charge < -0.3 is 4.42 Å². The van der Waals surface area contributed by atoms with E-state index >= 15 is 0 Å². The lowest BCUT2D eigenvalue weighted by Gasteiger charge is -1.77. The van der Waals surface area contributed by atoms with Gasteiger partial charge in [-0.05, 0) is 0 Å². The monoisotopic (exact) mass is 183 g/mol. The minimum atomic E-state index is -0.344. The molecule has 0 bridgehead atoms. The lowest BCUT2D eigenvalue weighted by Crippen LogP contribution is -2.06. The highest BCUT2D eigenvalue weighted by Crippen LogP contribution is 1.90. The predicted octanol–water partition coefficient (Wildman–Crippen LogP) is -1.15. The summed E-state index contributed by atoms with van der Waals surface area (Å²) in [7, 11) is 0. The molecule has 0 aliphatic heterocycles. The van der Waals surface area contributed by atoms with Crippen LogP contribution in [0.4, 0.5) is 0 Å². The molecule has 0 fully saturated rings. The van der Waals surface area contributed by atoms with E-state index in [9.17, 15) is 4.79 Å². The summed E-state index contributed by atoms with van der Waals surface area (Å²) in [5.74, 6) is 1.43. The first kappa shape index (κ1) is 9.29. The van der Waals surface area contributed by atoms with Crippen molar-refractivity contribution >= 4 is 11.5 Å². The van der Waals surface area contributed by atoms with Crippen LogP contribution in [0.25, 0.3) is 5.57 Å². The highest BCUT2D eigenvalue weighted by molar-refractivity contribution is 5.72. The zero-order chi connectivity index (χ0) is 10.6. The molecule has 0 spiro atoms. The molecule has 0 aliphatic carbocycles. The summed E-state index contributed by atoms with van der Waals surface area (Å²) in [4.78, 5) is 10.2. The van der Waals surface area contributed by atoms with Crippen molar-refractivity contribution in [3.63, 3.8) is 0 Å². The fourth-order valence-corrected chi connectivity index (χ4v) is 0.837. The molecule has 0 atom stereocenters. The molecule has 1 aromatic rings. The average molecular weight is 183 g/mol. The summed E-state index contributed by atoms with van der Waals surface area (Å²) in [6.07, 6.45) is 0. The minimum Gasteiger partial charge on any atom is -0.442 e. The van der Waals surface area contributed by atoms with Gasteiger partial charge in [0.15, 0.2) is 16.9 Å². The molecule has 14 heavy (non-hydrogen) atoms. The zero-order valence-electron chi connectivity index (χ0n) is 6.74. The second-order valence-electron chi connectivity index (χ2n) is 2.17.